The van der Waals surface area contributed by atoms with Gasteiger partial charge in [-0.1, -0.05) is 6.07 Å². The lowest BCUT2D eigenvalue weighted by Crippen LogP contribution is -2.28. The van der Waals surface area contributed by atoms with Crippen LogP contribution in [0.5, 0.6) is 0 Å². The third-order valence-electron chi connectivity index (χ3n) is 2.61. The van der Waals surface area contributed by atoms with Gasteiger partial charge < -0.3 is 5.32 Å². The average molecular weight is 244 g/mol. The van der Waals surface area contributed by atoms with Crippen molar-refractivity contribution in [3.63, 3.8) is 0 Å². The highest BCUT2D eigenvalue weighted by Gasteiger charge is 2.06. The fourth-order valence-corrected chi connectivity index (χ4v) is 1.73. The minimum atomic E-state index is -0.0509. The van der Waals surface area contributed by atoms with E-state index in [1.165, 1.54) is 0 Å². The second-order valence-electron chi connectivity index (χ2n) is 4.22. The Labute approximate surface area is 106 Å². The second-order valence-corrected chi connectivity index (χ2v) is 4.22. The predicted octanol–water partition coefficient (Wildman–Crippen LogP) is 1.21. The topological polar surface area (TPSA) is 59.8 Å². The van der Waals surface area contributed by atoms with Crippen LogP contribution in [0.1, 0.15) is 17.0 Å². The van der Waals surface area contributed by atoms with Gasteiger partial charge in [-0.25, -0.2) is 0 Å². The van der Waals surface area contributed by atoms with Gasteiger partial charge in [-0.05, 0) is 31.5 Å². The number of aryl methyl sites for hydroxylation is 2. The molecule has 2 aromatic heterocycles. The number of nitrogens with one attached hydrogen (secondary N) is 1. The number of hydrogen-bond acceptors (Lipinski definition) is 3. The lowest BCUT2D eigenvalue weighted by atomic mass is 10.3. The number of aromatic nitrogens is 3. The van der Waals surface area contributed by atoms with Crippen molar-refractivity contribution in [2.75, 3.05) is 0 Å². The van der Waals surface area contributed by atoms with E-state index in [0.717, 1.165) is 17.0 Å². The summed E-state index contributed by atoms with van der Waals surface area (Å²) in [6, 6.07) is 5.73. The maximum Gasteiger partial charge on any atom is 0.242 e. The van der Waals surface area contributed by atoms with Gasteiger partial charge in [0.05, 0.1) is 5.69 Å². The molecule has 2 rings (SSSR count). The lowest BCUT2D eigenvalue weighted by Gasteiger charge is -2.06. The van der Waals surface area contributed by atoms with Crippen molar-refractivity contribution in [1.82, 2.24) is 20.1 Å². The first-order valence-electron chi connectivity index (χ1n) is 5.82. The van der Waals surface area contributed by atoms with Crippen molar-refractivity contribution in [3.8, 4) is 0 Å². The van der Waals surface area contributed by atoms with Gasteiger partial charge in [-0.3, -0.25) is 14.5 Å². The van der Waals surface area contributed by atoms with E-state index in [4.69, 9.17) is 0 Å². The Morgan fingerprint density at radius 1 is 1.44 bits per heavy atom. The molecule has 2 aromatic rings. The SMILES string of the molecule is Cc1cc(C)n(CC(=O)NCc2cccnc2)n1. The van der Waals surface area contributed by atoms with E-state index in [0.29, 0.717) is 6.54 Å². The van der Waals surface area contributed by atoms with Crippen molar-refractivity contribution in [2.45, 2.75) is 26.9 Å². The van der Waals surface area contributed by atoms with E-state index in [9.17, 15) is 4.79 Å². The van der Waals surface area contributed by atoms with E-state index in [1.807, 2.05) is 32.0 Å². The number of hydrogen-bond donors (Lipinski definition) is 1. The van der Waals surface area contributed by atoms with Gasteiger partial charge in [0.1, 0.15) is 6.54 Å². The van der Waals surface area contributed by atoms with Crippen molar-refractivity contribution in [3.05, 3.63) is 47.5 Å². The normalized spacial score (nSPS) is 10.3. The van der Waals surface area contributed by atoms with E-state index >= 15 is 0 Å². The van der Waals surface area contributed by atoms with Crippen LogP contribution in [0.25, 0.3) is 0 Å². The molecule has 1 amide bonds. The molecule has 0 saturated heterocycles. The van der Waals surface area contributed by atoms with Gasteiger partial charge in [0.15, 0.2) is 0 Å². The minimum Gasteiger partial charge on any atom is -0.350 e. The Kier molecular flexibility index (Phi) is 3.72. The van der Waals surface area contributed by atoms with Crippen LogP contribution in [0.15, 0.2) is 30.6 Å². The van der Waals surface area contributed by atoms with Crippen LogP contribution in [0.3, 0.4) is 0 Å². The lowest BCUT2D eigenvalue weighted by molar-refractivity contribution is -0.122. The summed E-state index contributed by atoms with van der Waals surface area (Å²) in [4.78, 5) is 15.8. The van der Waals surface area contributed by atoms with Crippen LogP contribution in [-0.2, 0) is 17.9 Å². The number of carbonyl (C=O) groups excluding carboxylic acids is 1. The molecule has 94 valence electrons. The first kappa shape index (κ1) is 12.3. The van der Waals surface area contributed by atoms with Crippen LogP contribution in [0, 0.1) is 13.8 Å². The van der Waals surface area contributed by atoms with Crippen LogP contribution < -0.4 is 5.32 Å². The van der Waals surface area contributed by atoms with Gasteiger partial charge >= 0.3 is 0 Å². The second kappa shape index (κ2) is 5.44. The third-order valence-corrected chi connectivity index (χ3v) is 2.61. The van der Waals surface area contributed by atoms with E-state index in [-0.39, 0.29) is 12.5 Å². The Morgan fingerprint density at radius 2 is 2.28 bits per heavy atom. The molecule has 0 radical (unpaired) electrons. The summed E-state index contributed by atoms with van der Waals surface area (Å²) in [6.45, 7) is 4.59. The molecule has 0 aliphatic carbocycles. The van der Waals surface area contributed by atoms with Crippen molar-refractivity contribution < 1.29 is 4.79 Å². The molecule has 5 heteroatoms. The highest BCUT2D eigenvalue weighted by Crippen LogP contribution is 2.01. The quantitative estimate of drug-likeness (QED) is 0.879. The summed E-state index contributed by atoms with van der Waals surface area (Å²) >= 11 is 0. The first-order chi connectivity index (χ1) is 8.65. The Hall–Kier alpha value is -2.17. The van der Waals surface area contributed by atoms with E-state index in [1.54, 1.807) is 17.1 Å². The Bertz CT molecular complexity index is 533. The van der Waals surface area contributed by atoms with Crippen molar-refractivity contribution >= 4 is 5.91 Å². The molecule has 2 heterocycles. The fourth-order valence-electron chi connectivity index (χ4n) is 1.73. The molecule has 1 N–H and O–H groups in total. The zero-order chi connectivity index (χ0) is 13.0. The first-order valence-corrected chi connectivity index (χ1v) is 5.82. The molecule has 5 nitrogen and oxygen atoms in total. The maximum absolute atomic E-state index is 11.8. The Balaban J connectivity index is 1.88. The van der Waals surface area contributed by atoms with Crippen LogP contribution in [0.4, 0.5) is 0 Å². The van der Waals surface area contributed by atoms with Crippen LogP contribution in [0.2, 0.25) is 0 Å². The van der Waals surface area contributed by atoms with Crippen molar-refractivity contribution in [2.24, 2.45) is 0 Å². The molecule has 0 fully saturated rings. The molecule has 0 spiro atoms. The van der Waals surface area contributed by atoms with Gasteiger partial charge in [-0.2, -0.15) is 5.10 Å². The third kappa shape index (κ3) is 3.16. The molecule has 0 saturated carbocycles. The summed E-state index contributed by atoms with van der Waals surface area (Å²) < 4.78 is 1.70. The largest absolute Gasteiger partial charge is 0.350 e. The summed E-state index contributed by atoms with van der Waals surface area (Å²) in [5, 5.41) is 7.09. The van der Waals surface area contributed by atoms with E-state index in [2.05, 4.69) is 15.4 Å². The molecule has 0 bridgehead atoms. The van der Waals surface area contributed by atoms with Gasteiger partial charge in [0, 0.05) is 24.6 Å². The molecule has 18 heavy (non-hydrogen) atoms. The summed E-state index contributed by atoms with van der Waals surface area (Å²) in [5.41, 5.74) is 2.90. The molecule has 0 aliphatic rings. The smallest absolute Gasteiger partial charge is 0.242 e. The van der Waals surface area contributed by atoms with Gasteiger partial charge in [0.25, 0.3) is 0 Å². The van der Waals surface area contributed by atoms with Crippen molar-refractivity contribution in [1.29, 1.82) is 0 Å². The molecular formula is C13H16N4O. The monoisotopic (exact) mass is 244 g/mol. The summed E-state index contributed by atoms with van der Waals surface area (Å²) in [7, 11) is 0. The molecule has 0 aromatic carbocycles. The fraction of sp³-hybridized carbons (Fsp3) is 0.308. The number of nitrogens with zero attached hydrogens (tertiary/aromatic N) is 3. The molecule has 0 atom stereocenters. The highest BCUT2D eigenvalue weighted by molar-refractivity contribution is 5.75. The Morgan fingerprint density at radius 3 is 2.89 bits per heavy atom. The standard InChI is InChI=1S/C13H16N4O/c1-10-6-11(2)17(16-10)9-13(18)15-8-12-4-3-5-14-7-12/h3-7H,8-9H2,1-2H3,(H,15,18). The van der Waals surface area contributed by atoms with Crippen LogP contribution >= 0.6 is 0 Å². The zero-order valence-electron chi connectivity index (χ0n) is 10.6. The highest BCUT2D eigenvalue weighted by atomic mass is 16.2. The average Bonchev–Trinajstić information content (AvgIpc) is 2.67. The van der Waals surface area contributed by atoms with Gasteiger partial charge in [-0.15, -0.1) is 0 Å². The molecule has 0 aliphatic heterocycles. The number of carbonyl (C=O) groups is 1. The number of rotatable bonds is 4. The number of pyridine rings is 1. The molecular weight excluding hydrogens is 228 g/mol. The zero-order valence-corrected chi connectivity index (χ0v) is 10.6. The van der Waals surface area contributed by atoms with E-state index < -0.39 is 0 Å². The summed E-state index contributed by atoms with van der Waals surface area (Å²) in [6.07, 6.45) is 3.45. The number of amides is 1. The van der Waals surface area contributed by atoms with Crippen LogP contribution in [-0.4, -0.2) is 20.7 Å². The minimum absolute atomic E-state index is 0.0509. The summed E-state index contributed by atoms with van der Waals surface area (Å²) in [5.74, 6) is -0.0509. The van der Waals surface area contributed by atoms with Gasteiger partial charge in [0.2, 0.25) is 5.91 Å². The predicted molar refractivity (Wildman–Crippen MR) is 67.8 cm³/mol. The molecule has 0 unspecified atom stereocenters. The maximum atomic E-state index is 11.8.